The van der Waals surface area contributed by atoms with E-state index >= 15 is 0 Å². The van der Waals surface area contributed by atoms with Gasteiger partial charge in [-0.3, -0.25) is 4.79 Å². The molecule has 0 bridgehead atoms. The summed E-state index contributed by atoms with van der Waals surface area (Å²) in [5, 5.41) is 9.04. The highest BCUT2D eigenvalue weighted by molar-refractivity contribution is 5.73. The summed E-state index contributed by atoms with van der Waals surface area (Å²) < 4.78 is 4.90. The number of carboxylic acid groups (broad SMARTS) is 1. The van der Waals surface area contributed by atoms with Crippen molar-refractivity contribution in [2.75, 3.05) is 0 Å². The molecule has 1 aliphatic heterocycles. The van der Waals surface area contributed by atoms with Gasteiger partial charge in [-0.1, -0.05) is 84.0 Å². The maximum atomic E-state index is 11.0. The van der Waals surface area contributed by atoms with Crippen LogP contribution < -0.4 is 0 Å². The summed E-state index contributed by atoms with van der Waals surface area (Å²) in [5.74, 6) is -0.486. The van der Waals surface area contributed by atoms with Crippen molar-refractivity contribution in [2.45, 2.75) is 90.4 Å². The second kappa shape index (κ2) is 11.6. The van der Waals surface area contributed by atoms with Gasteiger partial charge in [0, 0.05) is 0 Å². The molecule has 0 fully saturated rings. The van der Waals surface area contributed by atoms with Gasteiger partial charge >= 0.3 is 5.97 Å². The summed E-state index contributed by atoms with van der Waals surface area (Å²) in [7, 11) is 0. The van der Waals surface area contributed by atoms with E-state index in [1.165, 1.54) is 64.2 Å². The summed E-state index contributed by atoms with van der Waals surface area (Å²) in [4.78, 5) is 11.0. The predicted octanol–water partition coefficient (Wildman–Crippen LogP) is 5.65. The zero-order valence-corrected chi connectivity index (χ0v) is 13.6. The van der Waals surface area contributed by atoms with Crippen LogP contribution in [0.15, 0.2) is 12.0 Å². The molecule has 0 radical (unpaired) electrons. The molecule has 3 heteroatoms. The van der Waals surface area contributed by atoms with Crippen molar-refractivity contribution < 1.29 is 14.6 Å². The maximum absolute atomic E-state index is 11.0. The van der Waals surface area contributed by atoms with Gasteiger partial charge in [0.1, 0.15) is 12.2 Å². The Hall–Kier alpha value is -0.990. The molecule has 0 aromatic rings. The van der Waals surface area contributed by atoms with Crippen LogP contribution in [0.4, 0.5) is 0 Å². The first-order chi connectivity index (χ1) is 10.3. The van der Waals surface area contributed by atoms with Crippen LogP contribution in [0.3, 0.4) is 0 Å². The van der Waals surface area contributed by atoms with E-state index in [0.29, 0.717) is 5.76 Å². The van der Waals surface area contributed by atoms with Gasteiger partial charge in [-0.25, -0.2) is 0 Å². The fourth-order valence-corrected chi connectivity index (χ4v) is 2.78. The van der Waals surface area contributed by atoms with Crippen molar-refractivity contribution >= 4 is 5.97 Å². The summed E-state index contributed by atoms with van der Waals surface area (Å²) in [5.41, 5.74) is 0. The SMILES string of the molecule is CCCCCCCCCCCCCCC(C(=O)O)C1=CO1. The molecule has 122 valence electrons. The van der Waals surface area contributed by atoms with E-state index in [1.54, 1.807) is 6.26 Å². The summed E-state index contributed by atoms with van der Waals surface area (Å²) in [6, 6.07) is 0. The minimum atomic E-state index is -0.748. The van der Waals surface area contributed by atoms with Gasteiger partial charge in [0.15, 0.2) is 5.76 Å². The first kappa shape index (κ1) is 18.1. The van der Waals surface area contributed by atoms with Crippen molar-refractivity contribution in [1.82, 2.24) is 0 Å². The molecule has 0 aromatic carbocycles. The van der Waals surface area contributed by atoms with Crippen LogP contribution in [0.2, 0.25) is 0 Å². The Morgan fingerprint density at radius 2 is 1.38 bits per heavy atom. The van der Waals surface area contributed by atoms with E-state index in [-0.39, 0.29) is 0 Å². The Balaban J connectivity index is 1.80. The van der Waals surface area contributed by atoms with Crippen LogP contribution in [-0.4, -0.2) is 11.1 Å². The molecule has 0 aromatic heterocycles. The number of aliphatic carboxylic acids is 1. The molecule has 0 amide bonds. The lowest BCUT2D eigenvalue weighted by Gasteiger charge is -2.06. The van der Waals surface area contributed by atoms with E-state index in [4.69, 9.17) is 9.84 Å². The molecule has 1 unspecified atom stereocenters. The highest BCUT2D eigenvalue weighted by Gasteiger charge is 2.29. The molecule has 1 heterocycles. The molecule has 1 rings (SSSR count). The second-order valence-electron chi connectivity index (χ2n) is 6.21. The van der Waals surface area contributed by atoms with Crippen molar-refractivity contribution in [2.24, 2.45) is 5.92 Å². The van der Waals surface area contributed by atoms with Gasteiger partial charge in [0.05, 0.1) is 0 Å². The quantitative estimate of drug-likeness (QED) is 0.397. The molecule has 1 N–H and O–H groups in total. The van der Waals surface area contributed by atoms with Crippen molar-refractivity contribution in [3.8, 4) is 0 Å². The molecule has 0 spiro atoms. The number of unbranched alkanes of at least 4 members (excludes halogenated alkanes) is 11. The highest BCUT2D eigenvalue weighted by atomic mass is 16.5. The van der Waals surface area contributed by atoms with Gasteiger partial charge in [-0.15, -0.1) is 0 Å². The van der Waals surface area contributed by atoms with Gasteiger partial charge in [0.25, 0.3) is 0 Å². The number of ether oxygens (including phenoxy) is 1. The van der Waals surface area contributed by atoms with E-state index in [2.05, 4.69) is 6.92 Å². The second-order valence-corrected chi connectivity index (χ2v) is 6.21. The third-order valence-electron chi connectivity index (χ3n) is 4.24. The number of hydrogen-bond acceptors (Lipinski definition) is 2. The average Bonchev–Trinajstić information content (AvgIpc) is 3.28. The van der Waals surface area contributed by atoms with Gasteiger partial charge in [-0.05, 0) is 6.42 Å². The van der Waals surface area contributed by atoms with Gasteiger partial charge in [-0.2, -0.15) is 0 Å². The lowest BCUT2D eigenvalue weighted by Crippen LogP contribution is -2.12. The van der Waals surface area contributed by atoms with Crippen LogP contribution in [0.25, 0.3) is 0 Å². The molecular weight excluding hydrogens is 264 g/mol. The van der Waals surface area contributed by atoms with Crippen LogP contribution in [0, 0.1) is 5.92 Å². The van der Waals surface area contributed by atoms with Crippen LogP contribution in [0.1, 0.15) is 90.4 Å². The third kappa shape index (κ3) is 9.54. The largest absolute Gasteiger partial charge is 0.481 e. The Kier molecular flexibility index (Phi) is 10.0. The van der Waals surface area contributed by atoms with E-state index < -0.39 is 11.9 Å². The Labute approximate surface area is 129 Å². The predicted molar refractivity (Wildman–Crippen MR) is 86.0 cm³/mol. The number of carboxylic acids is 1. The number of hydrogen-bond donors (Lipinski definition) is 1. The van der Waals surface area contributed by atoms with E-state index in [0.717, 1.165) is 19.3 Å². The normalized spacial score (nSPS) is 14.4. The van der Waals surface area contributed by atoms with Gasteiger partial charge in [0.2, 0.25) is 0 Å². The van der Waals surface area contributed by atoms with Crippen molar-refractivity contribution in [3.05, 3.63) is 12.0 Å². The average molecular weight is 296 g/mol. The minimum Gasteiger partial charge on any atom is -0.481 e. The lowest BCUT2D eigenvalue weighted by atomic mass is 9.99. The minimum absolute atomic E-state index is 0.395. The molecule has 0 saturated heterocycles. The first-order valence-corrected chi connectivity index (χ1v) is 8.85. The fourth-order valence-electron chi connectivity index (χ4n) is 2.78. The Morgan fingerprint density at radius 3 is 1.76 bits per heavy atom. The van der Waals surface area contributed by atoms with Crippen molar-refractivity contribution in [3.63, 3.8) is 0 Å². The van der Waals surface area contributed by atoms with Crippen molar-refractivity contribution in [1.29, 1.82) is 0 Å². The Morgan fingerprint density at radius 1 is 0.952 bits per heavy atom. The van der Waals surface area contributed by atoms with E-state index in [1.807, 2.05) is 0 Å². The highest BCUT2D eigenvalue weighted by Crippen LogP contribution is 2.28. The van der Waals surface area contributed by atoms with Crippen LogP contribution in [0.5, 0.6) is 0 Å². The maximum Gasteiger partial charge on any atom is 0.314 e. The zero-order chi connectivity index (χ0) is 15.3. The smallest absolute Gasteiger partial charge is 0.314 e. The molecule has 1 aliphatic rings. The third-order valence-corrected chi connectivity index (χ3v) is 4.24. The molecular formula is C18H32O3. The van der Waals surface area contributed by atoms with Crippen LogP contribution >= 0.6 is 0 Å². The van der Waals surface area contributed by atoms with E-state index in [9.17, 15) is 4.79 Å². The molecule has 0 aliphatic carbocycles. The summed E-state index contributed by atoms with van der Waals surface area (Å²) in [6.45, 7) is 2.26. The summed E-state index contributed by atoms with van der Waals surface area (Å²) in [6.07, 6.45) is 18.0. The van der Waals surface area contributed by atoms with Crippen LogP contribution in [-0.2, 0) is 9.53 Å². The monoisotopic (exact) mass is 296 g/mol. The topological polar surface area (TPSA) is 49.8 Å². The standard InChI is InChI=1S/C18H32O3/c1-2-3-4-5-6-7-8-9-10-11-12-13-14-16(18(19)20)17-15-21-17/h15-16H,2-14H2,1H3,(H,19,20). The number of carbonyl (C=O) groups is 1. The Bertz CT molecular complexity index is 308. The molecule has 1 atom stereocenters. The summed E-state index contributed by atoms with van der Waals surface area (Å²) >= 11 is 0. The number of rotatable bonds is 15. The molecule has 21 heavy (non-hydrogen) atoms. The zero-order valence-electron chi connectivity index (χ0n) is 13.6. The van der Waals surface area contributed by atoms with Gasteiger partial charge < -0.3 is 9.84 Å². The molecule has 3 nitrogen and oxygen atoms in total. The molecule has 0 saturated carbocycles. The first-order valence-electron chi connectivity index (χ1n) is 8.85. The lowest BCUT2D eigenvalue weighted by molar-refractivity contribution is -0.141. The fraction of sp³-hybridized carbons (Fsp3) is 0.833.